The van der Waals surface area contributed by atoms with Gasteiger partial charge in [0.25, 0.3) is 5.91 Å². The van der Waals surface area contributed by atoms with Gasteiger partial charge in [-0.2, -0.15) is 0 Å². The van der Waals surface area contributed by atoms with E-state index in [9.17, 15) is 4.79 Å². The van der Waals surface area contributed by atoms with Crippen LogP contribution in [0.4, 0.5) is 0 Å². The molecular weight excluding hydrogens is 380 g/mol. The maximum Gasteiger partial charge on any atom is 0.251 e. The Balaban J connectivity index is 0.00000392. The molecule has 28 heavy (non-hydrogen) atoms. The van der Waals surface area contributed by atoms with Gasteiger partial charge in [0.2, 0.25) is 5.75 Å². The largest absolute Gasteiger partial charge is 0.490 e. The highest BCUT2D eigenvalue weighted by Crippen LogP contribution is 2.39. The molecule has 0 aliphatic carbocycles. The molecule has 160 valence electrons. The second-order valence-corrected chi connectivity index (χ2v) is 6.61. The smallest absolute Gasteiger partial charge is 0.251 e. The molecule has 6 nitrogen and oxygen atoms in total. The molecule has 1 heterocycles. The molecule has 1 aliphatic rings. The molecular formula is C21H35ClN2O4. The zero-order valence-corrected chi connectivity index (χ0v) is 18.2. The van der Waals surface area contributed by atoms with Crippen molar-refractivity contribution >= 4 is 18.3 Å². The maximum atomic E-state index is 12.6. The quantitative estimate of drug-likeness (QED) is 0.525. The van der Waals surface area contributed by atoms with Gasteiger partial charge in [-0.1, -0.05) is 0 Å². The van der Waals surface area contributed by atoms with E-state index in [-0.39, 0.29) is 18.3 Å². The van der Waals surface area contributed by atoms with Crippen LogP contribution in [0.1, 0.15) is 56.8 Å². The third kappa shape index (κ3) is 7.40. The lowest BCUT2D eigenvalue weighted by Crippen LogP contribution is -2.26. The summed E-state index contributed by atoms with van der Waals surface area (Å²) in [5.41, 5.74) is 0.532. The zero-order chi connectivity index (χ0) is 19.5. The van der Waals surface area contributed by atoms with Gasteiger partial charge < -0.3 is 24.4 Å². The van der Waals surface area contributed by atoms with Crippen molar-refractivity contribution in [2.75, 3.05) is 46.0 Å². The van der Waals surface area contributed by atoms with Crippen LogP contribution in [0.3, 0.4) is 0 Å². The van der Waals surface area contributed by atoms with Crippen molar-refractivity contribution in [1.82, 2.24) is 10.2 Å². The van der Waals surface area contributed by atoms with E-state index in [0.717, 1.165) is 19.4 Å². The Labute approximate surface area is 175 Å². The van der Waals surface area contributed by atoms with Gasteiger partial charge in [-0.3, -0.25) is 4.79 Å². The minimum Gasteiger partial charge on any atom is -0.490 e. The van der Waals surface area contributed by atoms with Crippen molar-refractivity contribution in [2.45, 2.75) is 46.5 Å². The fraction of sp³-hybridized carbons (Fsp3) is 0.667. The summed E-state index contributed by atoms with van der Waals surface area (Å²) in [7, 11) is 0. The molecule has 2 rings (SSSR count). The molecule has 0 bridgehead atoms. The summed E-state index contributed by atoms with van der Waals surface area (Å²) in [6, 6.07) is 3.47. The van der Waals surface area contributed by atoms with Gasteiger partial charge in [-0.05, 0) is 78.2 Å². The van der Waals surface area contributed by atoms with E-state index < -0.39 is 0 Å². The van der Waals surface area contributed by atoms with E-state index in [1.807, 2.05) is 20.8 Å². The van der Waals surface area contributed by atoms with Gasteiger partial charge in [0, 0.05) is 12.1 Å². The Hall–Kier alpha value is -1.66. The predicted molar refractivity (Wildman–Crippen MR) is 114 cm³/mol. The minimum absolute atomic E-state index is 0. The molecule has 0 saturated carbocycles. The number of nitrogens with one attached hydrogen (secondary N) is 1. The second kappa shape index (κ2) is 13.5. The van der Waals surface area contributed by atoms with Crippen molar-refractivity contribution in [2.24, 2.45) is 0 Å². The van der Waals surface area contributed by atoms with Crippen LogP contribution in [-0.2, 0) is 0 Å². The van der Waals surface area contributed by atoms with Gasteiger partial charge >= 0.3 is 0 Å². The number of hydrogen-bond donors (Lipinski definition) is 1. The number of unbranched alkanes of at least 4 members (excludes halogenated alkanes) is 1. The van der Waals surface area contributed by atoms with Gasteiger partial charge in [0.1, 0.15) is 0 Å². The van der Waals surface area contributed by atoms with Gasteiger partial charge in [-0.15, -0.1) is 12.4 Å². The first kappa shape index (κ1) is 24.4. The summed E-state index contributed by atoms with van der Waals surface area (Å²) >= 11 is 0. The van der Waals surface area contributed by atoms with Crippen LogP contribution >= 0.6 is 12.4 Å². The summed E-state index contributed by atoms with van der Waals surface area (Å²) in [6.07, 6.45) is 4.73. The number of ether oxygens (including phenoxy) is 3. The van der Waals surface area contributed by atoms with E-state index in [2.05, 4.69) is 10.2 Å². The molecule has 1 aromatic rings. The lowest BCUT2D eigenvalue weighted by Gasteiger charge is -2.17. The first-order valence-electron chi connectivity index (χ1n) is 10.3. The highest BCUT2D eigenvalue weighted by molar-refractivity contribution is 5.95. The number of carbonyl (C=O) groups is 1. The fourth-order valence-corrected chi connectivity index (χ4v) is 3.29. The van der Waals surface area contributed by atoms with E-state index in [1.165, 1.54) is 25.9 Å². The van der Waals surface area contributed by atoms with Crippen molar-refractivity contribution < 1.29 is 19.0 Å². The molecule has 1 N–H and O–H groups in total. The second-order valence-electron chi connectivity index (χ2n) is 6.61. The average molecular weight is 415 g/mol. The third-order valence-corrected chi connectivity index (χ3v) is 4.56. The van der Waals surface area contributed by atoms with Crippen LogP contribution in [0.25, 0.3) is 0 Å². The van der Waals surface area contributed by atoms with Gasteiger partial charge in [0.05, 0.1) is 19.8 Å². The number of halogens is 1. The Morgan fingerprint density at radius 2 is 1.54 bits per heavy atom. The summed E-state index contributed by atoms with van der Waals surface area (Å²) in [4.78, 5) is 15.1. The molecule has 1 aliphatic heterocycles. The van der Waals surface area contributed by atoms with E-state index in [0.29, 0.717) is 49.2 Å². The Morgan fingerprint density at radius 1 is 0.964 bits per heavy atom. The standard InChI is InChI=1S/C21H34N2O4.ClH/c1-4-25-18-15-17(16-19(26-5-2)20(18)27-6-3)21(24)22-11-7-8-12-23-13-9-10-14-23;/h15-16H,4-14H2,1-3H3,(H,22,24);1H. The molecule has 1 amide bonds. The topological polar surface area (TPSA) is 60.0 Å². The summed E-state index contributed by atoms with van der Waals surface area (Å²) < 4.78 is 17.0. The third-order valence-electron chi connectivity index (χ3n) is 4.56. The van der Waals surface area contributed by atoms with Gasteiger partial charge in [-0.25, -0.2) is 0 Å². The Bertz CT molecular complexity index is 565. The molecule has 0 spiro atoms. The number of nitrogens with zero attached hydrogens (tertiary/aromatic N) is 1. The highest BCUT2D eigenvalue weighted by atomic mass is 35.5. The van der Waals surface area contributed by atoms with Crippen LogP contribution < -0.4 is 19.5 Å². The molecule has 1 fully saturated rings. The Kier molecular flexibility index (Phi) is 11.8. The van der Waals surface area contributed by atoms with Crippen molar-refractivity contribution in [3.05, 3.63) is 17.7 Å². The van der Waals surface area contributed by atoms with Crippen LogP contribution in [0.5, 0.6) is 17.2 Å². The number of likely N-dealkylation sites (tertiary alicyclic amines) is 1. The zero-order valence-electron chi connectivity index (χ0n) is 17.4. The van der Waals surface area contributed by atoms with Crippen LogP contribution in [0.15, 0.2) is 12.1 Å². The molecule has 0 aromatic heterocycles. The number of rotatable bonds is 12. The van der Waals surface area contributed by atoms with Gasteiger partial charge in [0.15, 0.2) is 11.5 Å². The minimum atomic E-state index is -0.110. The molecule has 1 aromatic carbocycles. The summed E-state index contributed by atoms with van der Waals surface area (Å²) in [5, 5.41) is 3.01. The van der Waals surface area contributed by atoms with Crippen LogP contribution in [0, 0.1) is 0 Å². The summed E-state index contributed by atoms with van der Waals surface area (Å²) in [5.74, 6) is 1.54. The monoisotopic (exact) mass is 414 g/mol. The lowest BCUT2D eigenvalue weighted by atomic mass is 10.1. The average Bonchev–Trinajstić information content (AvgIpc) is 3.17. The van der Waals surface area contributed by atoms with Crippen molar-refractivity contribution in [3.8, 4) is 17.2 Å². The first-order chi connectivity index (χ1) is 13.2. The SMILES string of the molecule is CCOc1cc(C(=O)NCCCCN2CCCC2)cc(OCC)c1OCC.Cl. The molecule has 0 unspecified atom stereocenters. The molecule has 7 heteroatoms. The molecule has 0 radical (unpaired) electrons. The maximum absolute atomic E-state index is 12.6. The Morgan fingerprint density at radius 3 is 2.07 bits per heavy atom. The number of benzene rings is 1. The predicted octanol–water partition coefficient (Wildman–Crippen LogP) is 3.91. The number of amides is 1. The summed E-state index contributed by atoms with van der Waals surface area (Å²) in [6.45, 7) is 11.5. The molecule has 0 atom stereocenters. The van der Waals surface area contributed by atoms with Crippen LogP contribution in [-0.4, -0.2) is 56.8 Å². The van der Waals surface area contributed by atoms with Crippen molar-refractivity contribution in [3.63, 3.8) is 0 Å². The fourth-order valence-electron chi connectivity index (χ4n) is 3.29. The molecule has 1 saturated heterocycles. The van der Waals surface area contributed by atoms with E-state index in [1.54, 1.807) is 12.1 Å². The van der Waals surface area contributed by atoms with E-state index >= 15 is 0 Å². The van der Waals surface area contributed by atoms with E-state index in [4.69, 9.17) is 14.2 Å². The lowest BCUT2D eigenvalue weighted by molar-refractivity contribution is 0.0951. The highest BCUT2D eigenvalue weighted by Gasteiger charge is 2.18. The first-order valence-corrected chi connectivity index (χ1v) is 10.3. The van der Waals surface area contributed by atoms with Crippen LogP contribution in [0.2, 0.25) is 0 Å². The number of carbonyl (C=O) groups excluding carboxylic acids is 1. The van der Waals surface area contributed by atoms with Crippen molar-refractivity contribution in [1.29, 1.82) is 0 Å². The normalized spacial score (nSPS) is 13.7. The number of hydrogen-bond acceptors (Lipinski definition) is 5.